The summed E-state index contributed by atoms with van der Waals surface area (Å²) >= 11 is 0. The van der Waals surface area contributed by atoms with E-state index in [4.69, 9.17) is 4.74 Å². The van der Waals surface area contributed by atoms with E-state index in [0.717, 1.165) is 24.0 Å². The van der Waals surface area contributed by atoms with E-state index in [1.54, 1.807) is 0 Å². The number of carbonyl (C=O) groups excluding carboxylic acids is 3. The third-order valence-corrected chi connectivity index (χ3v) is 6.90. The van der Waals surface area contributed by atoms with Crippen LogP contribution >= 0.6 is 0 Å². The highest BCUT2D eigenvalue weighted by atomic mass is 16.5. The van der Waals surface area contributed by atoms with Crippen LogP contribution in [0.5, 0.6) is 5.75 Å². The van der Waals surface area contributed by atoms with Gasteiger partial charge in [0.1, 0.15) is 24.4 Å². The minimum Gasteiger partial charge on any atom is -0.492 e. The molecule has 0 unspecified atom stereocenters. The van der Waals surface area contributed by atoms with Gasteiger partial charge in [-0.15, -0.1) is 0 Å². The Morgan fingerprint density at radius 1 is 1.00 bits per heavy atom. The molecule has 2 aromatic carbocycles. The van der Waals surface area contributed by atoms with Crippen LogP contribution in [0.4, 0.5) is 0 Å². The molecule has 38 heavy (non-hydrogen) atoms. The third kappa shape index (κ3) is 7.20. The summed E-state index contributed by atoms with van der Waals surface area (Å²) in [6, 6.07) is 14.5. The first kappa shape index (κ1) is 27.3. The van der Waals surface area contributed by atoms with Crippen LogP contribution in [0.15, 0.2) is 60.7 Å². The largest absolute Gasteiger partial charge is 0.492 e. The Hall–Kier alpha value is -3.69. The highest BCUT2D eigenvalue weighted by Gasteiger charge is 2.40. The van der Waals surface area contributed by atoms with Gasteiger partial charge in [0, 0.05) is 32.1 Å². The lowest BCUT2D eigenvalue weighted by Gasteiger charge is -2.31. The zero-order chi connectivity index (χ0) is 26.9. The van der Waals surface area contributed by atoms with Crippen molar-refractivity contribution in [3.63, 3.8) is 0 Å². The summed E-state index contributed by atoms with van der Waals surface area (Å²) in [6.07, 6.45) is 5.81. The molecule has 4 rings (SSSR count). The van der Waals surface area contributed by atoms with Gasteiger partial charge in [-0.2, -0.15) is 0 Å². The average Bonchev–Trinajstić information content (AvgIpc) is 3.77. The first-order valence-corrected chi connectivity index (χ1v) is 13.1. The molecule has 0 radical (unpaired) electrons. The van der Waals surface area contributed by atoms with Gasteiger partial charge in [-0.3, -0.25) is 14.4 Å². The van der Waals surface area contributed by atoms with E-state index < -0.39 is 30.6 Å². The summed E-state index contributed by atoms with van der Waals surface area (Å²) in [5.41, 5.74) is 1.75. The normalized spacial score (nSPS) is 24.7. The maximum atomic E-state index is 13.4. The fraction of sp³-hybridized carbons (Fsp3) is 0.414. The topological polar surface area (TPSA) is 120 Å². The predicted molar refractivity (Wildman–Crippen MR) is 144 cm³/mol. The van der Waals surface area contributed by atoms with E-state index in [0.29, 0.717) is 18.9 Å². The first-order chi connectivity index (χ1) is 18.5. The van der Waals surface area contributed by atoms with Gasteiger partial charge >= 0.3 is 0 Å². The molecular formula is C29H36N4O5. The smallest absolute Gasteiger partial charge is 0.245 e. The minimum absolute atomic E-state index is 0.171. The molecule has 0 spiro atoms. The van der Waals surface area contributed by atoms with Crippen LogP contribution < -0.4 is 20.7 Å². The number of para-hydroxylation sites is 1. The van der Waals surface area contributed by atoms with Crippen LogP contribution in [0.1, 0.15) is 24.0 Å². The number of carbonyl (C=O) groups is 3. The maximum Gasteiger partial charge on any atom is 0.245 e. The Morgan fingerprint density at radius 2 is 1.74 bits per heavy atom. The number of aliphatic hydroxyl groups excluding tert-OH is 1. The van der Waals surface area contributed by atoms with Gasteiger partial charge in [-0.25, -0.2) is 0 Å². The predicted octanol–water partition coefficient (Wildman–Crippen LogP) is 1.12. The van der Waals surface area contributed by atoms with Crippen molar-refractivity contribution in [2.45, 2.75) is 37.4 Å². The number of ether oxygens (including phenoxy) is 1. The summed E-state index contributed by atoms with van der Waals surface area (Å²) in [5.74, 6) is -0.331. The number of amides is 3. The average molecular weight is 521 g/mol. The molecule has 3 atom stereocenters. The first-order valence-electron chi connectivity index (χ1n) is 13.1. The molecule has 1 heterocycles. The van der Waals surface area contributed by atoms with Crippen molar-refractivity contribution in [1.82, 2.24) is 20.9 Å². The molecule has 0 bridgehead atoms. The number of nitrogens with one attached hydrogen (secondary N) is 3. The standard InChI is InChI=1S/C29H36N4O5/c1-33-24(19-34)28(36)32-23(18-20-8-3-2-4-9-20)27(35)31-15-7-11-21-10-5-6-12-25(21)38-17-16-30-26(29(33)37)22-13-14-22/h2-12,22-24,26,30,34H,13-19H2,1H3,(H,31,35)(H,32,36)/b11-7+/t23-,24+,26+/m1/s1. The van der Waals surface area contributed by atoms with Gasteiger partial charge in [0.25, 0.3) is 0 Å². The summed E-state index contributed by atoms with van der Waals surface area (Å²) in [5, 5.41) is 19.0. The SMILES string of the molecule is CN1C(=O)[C@H](C2CC2)NCCOc2ccccc2/C=C/CNC(=O)[C@@H](Cc2ccccc2)NC(=O)[C@@H]1CO. The van der Waals surface area contributed by atoms with Gasteiger partial charge in [-0.05, 0) is 30.4 Å². The number of fused-ring (bicyclic) bond motifs is 1. The van der Waals surface area contributed by atoms with Gasteiger partial charge in [-0.1, -0.05) is 60.7 Å². The molecule has 0 aromatic heterocycles. The molecule has 1 aliphatic carbocycles. The van der Waals surface area contributed by atoms with Crippen LogP contribution in [-0.4, -0.2) is 79.2 Å². The number of rotatable bonds is 4. The van der Waals surface area contributed by atoms with E-state index in [2.05, 4.69) is 16.0 Å². The lowest BCUT2D eigenvalue weighted by atomic mass is 10.0. The quantitative estimate of drug-likeness (QED) is 0.480. The summed E-state index contributed by atoms with van der Waals surface area (Å²) in [4.78, 5) is 41.1. The van der Waals surface area contributed by atoms with Crippen molar-refractivity contribution in [3.8, 4) is 5.75 Å². The highest BCUT2D eigenvalue weighted by Crippen LogP contribution is 2.33. The number of hydrogen-bond acceptors (Lipinski definition) is 6. The van der Waals surface area contributed by atoms with Crippen LogP contribution in [0.25, 0.3) is 6.08 Å². The molecular weight excluding hydrogens is 484 g/mol. The molecule has 2 aliphatic rings. The second-order valence-corrected chi connectivity index (χ2v) is 9.70. The van der Waals surface area contributed by atoms with Crippen LogP contribution in [0.2, 0.25) is 0 Å². The lowest BCUT2D eigenvalue weighted by molar-refractivity contribution is -0.143. The molecule has 2 aromatic rings. The number of nitrogens with zero attached hydrogens (tertiary/aromatic N) is 1. The van der Waals surface area contributed by atoms with E-state index in [-0.39, 0.29) is 30.7 Å². The van der Waals surface area contributed by atoms with Crippen LogP contribution in [0, 0.1) is 5.92 Å². The molecule has 1 fully saturated rings. The molecule has 202 valence electrons. The van der Waals surface area contributed by atoms with Crippen molar-refractivity contribution in [1.29, 1.82) is 0 Å². The summed E-state index contributed by atoms with van der Waals surface area (Å²) in [7, 11) is 1.52. The minimum atomic E-state index is -1.13. The Labute approximate surface area is 223 Å². The Kier molecular flexibility index (Phi) is 9.51. The molecule has 4 N–H and O–H groups in total. The Morgan fingerprint density at radius 3 is 2.47 bits per heavy atom. The number of likely N-dealkylation sites (N-methyl/N-ethyl adjacent to an activating group) is 1. The Balaban J connectivity index is 1.59. The van der Waals surface area contributed by atoms with Crippen molar-refractivity contribution in [2.75, 3.05) is 33.4 Å². The van der Waals surface area contributed by atoms with Gasteiger partial charge in [0.15, 0.2) is 0 Å². The second-order valence-electron chi connectivity index (χ2n) is 9.70. The monoisotopic (exact) mass is 520 g/mol. The fourth-order valence-electron chi connectivity index (χ4n) is 4.56. The molecule has 3 amide bonds. The van der Waals surface area contributed by atoms with E-state index in [9.17, 15) is 19.5 Å². The van der Waals surface area contributed by atoms with E-state index >= 15 is 0 Å². The molecule has 9 nitrogen and oxygen atoms in total. The lowest BCUT2D eigenvalue weighted by Crippen LogP contribution is -2.58. The van der Waals surface area contributed by atoms with Crippen molar-refractivity contribution >= 4 is 23.8 Å². The zero-order valence-corrected chi connectivity index (χ0v) is 21.6. The number of hydrogen-bond donors (Lipinski definition) is 4. The molecule has 9 heteroatoms. The van der Waals surface area contributed by atoms with Crippen molar-refractivity contribution < 1.29 is 24.2 Å². The second kappa shape index (κ2) is 13.2. The van der Waals surface area contributed by atoms with Gasteiger partial charge in [0.05, 0.1) is 12.6 Å². The van der Waals surface area contributed by atoms with E-state index in [1.807, 2.05) is 66.7 Å². The summed E-state index contributed by atoms with van der Waals surface area (Å²) < 4.78 is 5.98. The molecule has 1 saturated carbocycles. The van der Waals surface area contributed by atoms with Crippen LogP contribution in [-0.2, 0) is 20.8 Å². The maximum absolute atomic E-state index is 13.4. The van der Waals surface area contributed by atoms with Gasteiger partial charge in [0.2, 0.25) is 17.7 Å². The third-order valence-electron chi connectivity index (χ3n) is 6.90. The van der Waals surface area contributed by atoms with Crippen LogP contribution in [0.3, 0.4) is 0 Å². The molecule has 1 aliphatic heterocycles. The summed E-state index contributed by atoms with van der Waals surface area (Å²) in [6.45, 7) is 0.491. The van der Waals surface area contributed by atoms with E-state index in [1.165, 1.54) is 11.9 Å². The van der Waals surface area contributed by atoms with Gasteiger partial charge < -0.3 is 30.7 Å². The number of benzene rings is 2. The Bertz CT molecular complexity index is 1130. The van der Waals surface area contributed by atoms with Crippen molar-refractivity contribution in [2.24, 2.45) is 5.92 Å². The zero-order valence-electron chi connectivity index (χ0n) is 21.6. The highest BCUT2D eigenvalue weighted by molar-refractivity contribution is 5.93. The number of aliphatic hydroxyl groups is 1. The van der Waals surface area contributed by atoms with Crippen molar-refractivity contribution in [3.05, 3.63) is 71.8 Å². The molecule has 0 saturated heterocycles. The fourth-order valence-corrected chi connectivity index (χ4v) is 4.56.